The molecular formula is C30H28KN4O5S. The van der Waals surface area contributed by atoms with Gasteiger partial charge in [-0.15, -0.1) is 11.3 Å². The predicted molar refractivity (Wildman–Crippen MR) is 160 cm³/mol. The molecule has 9 nitrogen and oxygen atoms in total. The summed E-state index contributed by atoms with van der Waals surface area (Å²) in [6, 6.07) is 17.2. The van der Waals surface area contributed by atoms with Crippen LogP contribution in [0.5, 0.6) is 0 Å². The molecule has 0 spiro atoms. The topological polar surface area (TPSA) is 120 Å². The maximum atomic E-state index is 13.7. The van der Waals surface area contributed by atoms with Crippen molar-refractivity contribution < 1.29 is 9.32 Å². The van der Waals surface area contributed by atoms with Gasteiger partial charge in [0, 0.05) is 67.2 Å². The van der Waals surface area contributed by atoms with Crippen molar-refractivity contribution in [3.8, 4) is 22.5 Å². The molecule has 5 aromatic rings. The van der Waals surface area contributed by atoms with Gasteiger partial charge in [0.15, 0.2) is 11.6 Å². The minimum absolute atomic E-state index is 0. The van der Waals surface area contributed by atoms with Crippen molar-refractivity contribution in [3.63, 3.8) is 0 Å². The summed E-state index contributed by atoms with van der Waals surface area (Å²) in [4.78, 5) is 55.8. The summed E-state index contributed by atoms with van der Waals surface area (Å²) in [5.41, 5.74) is 1.78. The zero-order chi connectivity index (χ0) is 28.2. The molecule has 0 amide bonds. The number of nitrogens with zero attached hydrogens (tertiary/aromatic N) is 3. The average molecular weight is 596 g/mol. The van der Waals surface area contributed by atoms with E-state index in [9.17, 15) is 19.2 Å². The molecular weight excluding hydrogens is 568 g/mol. The van der Waals surface area contributed by atoms with Crippen molar-refractivity contribution in [2.45, 2.75) is 52.6 Å². The van der Waals surface area contributed by atoms with Gasteiger partial charge in [0.05, 0.1) is 18.5 Å². The van der Waals surface area contributed by atoms with E-state index >= 15 is 0 Å². The minimum Gasteiger partial charge on any atom is -0.297 e. The van der Waals surface area contributed by atoms with Crippen LogP contribution < -0.4 is 17.0 Å². The third kappa shape index (κ3) is 5.97. The molecule has 1 aliphatic carbocycles. The van der Waals surface area contributed by atoms with Crippen LogP contribution in [0.25, 0.3) is 32.7 Å². The number of aromatic amines is 1. The van der Waals surface area contributed by atoms with Crippen LogP contribution >= 0.6 is 11.3 Å². The summed E-state index contributed by atoms with van der Waals surface area (Å²) in [5, 5.41) is 4.31. The fourth-order valence-corrected chi connectivity index (χ4v) is 6.02. The molecule has 0 bridgehead atoms. The van der Waals surface area contributed by atoms with Crippen LogP contribution in [-0.2, 0) is 17.9 Å². The van der Waals surface area contributed by atoms with Crippen LogP contribution in [0.1, 0.15) is 50.0 Å². The van der Waals surface area contributed by atoms with Gasteiger partial charge in [0.2, 0.25) is 0 Å². The predicted octanol–water partition coefficient (Wildman–Crippen LogP) is 4.40. The SMILES string of the molecule is CC(C)(C)C(=O)Cn1c(=O)c2cc(C3CC3)sc2n(Cc2ccc(-c3ccccc3-c3noc(=O)[nH]3)cc2)c1=O.[K]. The van der Waals surface area contributed by atoms with Gasteiger partial charge in [0.25, 0.3) is 5.56 Å². The third-order valence-electron chi connectivity index (χ3n) is 7.26. The molecule has 1 aliphatic rings. The zero-order valence-corrected chi connectivity index (χ0v) is 27.3. The van der Waals surface area contributed by atoms with Gasteiger partial charge < -0.3 is 0 Å². The van der Waals surface area contributed by atoms with Gasteiger partial charge in [-0.1, -0.05) is 74.5 Å². The second kappa shape index (κ2) is 11.5. The maximum Gasteiger partial charge on any atom is 0.439 e. The average Bonchev–Trinajstić information content (AvgIpc) is 3.54. The maximum absolute atomic E-state index is 13.7. The monoisotopic (exact) mass is 595 g/mol. The molecule has 6 rings (SSSR count). The first-order valence-corrected chi connectivity index (χ1v) is 14.0. The quantitative estimate of drug-likeness (QED) is 0.279. The molecule has 0 unspecified atom stereocenters. The van der Waals surface area contributed by atoms with Crippen LogP contribution in [0.2, 0.25) is 0 Å². The summed E-state index contributed by atoms with van der Waals surface area (Å²) < 4.78 is 7.39. The van der Waals surface area contributed by atoms with Crippen molar-refractivity contribution in [2.24, 2.45) is 5.41 Å². The second-order valence-electron chi connectivity index (χ2n) is 11.3. The first kappa shape index (κ1) is 29.8. The number of fused-ring (bicyclic) bond motifs is 1. The van der Waals surface area contributed by atoms with Crippen molar-refractivity contribution in [2.75, 3.05) is 0 Å². The second-order valence-corrected chi connectivity index (χ2v) is 12.3. The summed E-state index contributed by atoms with van der Waals surface area (Å²) in [7, 11) is 0. The van der Waals surface area contributed by atoms with Gasteiger partial charge in [-0.25, -0.2) is 9.59 Å². The number of aromatic nitrogens is 4. The normalized spacial score (nSPS) is 13.3. The van der Waals surface area contributed by atoms with E-state index in [4.69, 9.17) is 0 Å². The Balaban J connectivity index is 0.00000337. The van der Waals surface area contributed by atoms with Crippen molar-refractivity contribution in [1.82, 2.24) is 19.3 Å². The smallest absolute Gasteiger partial charge is 0.297 e. The number of thiophene rings is 1. The molecule has 1 fully saturated rings. The van der Waals surface area contributed by atoms with E-state index in [1.807, 2.05) is 54.6 Å². The van der Waals surface area contributed by atoms with E-state index in [0.29, 0.717) is 22.0 Å². The van der Waals surface area contributed by atoms with Crippen molar-refractivity contribution in [1.29, 1.82) is 0 Å². The van der Waals surface area contributed by atoms with E-state index in [0.717, 1.165) is 44.5 Å². The first-order chi connectivity index (χ1) is 19.1. The fraction of sp³-hybridized carbons (Fsp3) is 0.300. The number of ketones is 1. The minimum atomic E-state index is -0.676. The Kier molecular flexibility index (Phi) is 8.39. The fourth-order valence-electron chi connectivity index (χ4n) is 4.71. The van der Waals surface area contributed by atoms with Crippen molar-refractivity contribution in [3.05, 3.63) is 96.4 Å². The Hall–Kier alpha value is -2.67. The number of H-pyrrole nitrogens is 1. The van der Waals surface area contributed by atoms with E-state index in [1.165, 1.54) is 11.3 Å². The zero-order valence-electron chi connectivity index (χ0n) is 23.4. The molecule has 2 aromatic carbocycles. The number of hydrogen-bond acceptors (Lipinski definition) is 7. The molecule has 0 aliphatic heterocycles. The van der Waals surface area contributed by atoms with E-state index in [-0.39, 0.29) is 70.3 Å². The van der Waals surface area contributed by atoms with Crippen LogP contribution in [0, 0.1) is 5.41 Å². The Morgan fingerprint density at radius 1 is 1.02 bits per heavy atom. The summed E-state index contributed by atoms with van der Waals surface area (Å²) in [6.45, 7) is 5.35. The molecule has 1 saturated carbocycles. The van der Waals surface area contributed by atoms with E-state index in [2.05, 4.69) is 14.7 Å². The molecule has 0 atom stereocenters. The summed E-state index contributed by atoms with van der Waals surface area (Å²) in [5.74, 6) is -0.0218. The number of benzene rings is 2. The molecule has 1 N–H and O–H groups in total. The van der Waals surface area contributed by atoms with Gasteiger partial charge >= 0.3 is 11.4 Å². The Morgan fingerprint density at radius 2 is 1.71 bits per heavy atom. The van der Waals surface area contributed by atoms with Crippen LogP contribution in [0.4, 0.5) is 0 Å². The summed E-state index contributed by atoms with van der Waals surface area (Å²) >= 11 is 1.50. The molecule has 205 valence electrons. The molecule has 3 heterocycles. The van der Waals surface area contributed by atoms with E-state index < -0.39 is 22.4 Å². The van der Waals surface area contributed by atoms with Crippen LogP contribution in [0.15, 0.2) is 73.5 Å². The third-order valence-corrected chi connectivity index (χ3v) is 8.58. The Labute approximate surface area is 281 Å². The van der Waals surface area contributed by atoms with Crippen LogP contribution in [-0.4, -0.2) is 76.4 Å². The van der Waals surface area contributed by atoms with Gasteiger partial charge in [-0.2, -0.15) is 0 Å². The first-order valence-electron chi connectivity index (χ1n) is 13.2. The number of Topliss-reactive ketones (excluding diaryl/α,β-unsaturated/α-hetero) is 1. The Bertz CT molecular complexity index is 1930. The van der Waals surface area contributed by atoms with E-state index in [1.54, 1.807) is 25.3 Å². The number of nitrogens with one attached hydrogen (secondary N) is 1. The standard InChI is InChI=1S/C30H28N4O5S.K/c1-30(2,3)24(35)16-33-26(36)22-14-23(19-12-13-19)40-27(22)34(29(33)38)15-17-8-10-18(11-9-17)20-6-4-5-7-21(20)25-31-28(37)39-32-25;/h4-11,14,19H,12-13,15-16H2,1-3H3,(H,31,32,37);. The van der Waals surface area contributed by atoms with Gasteiger partial charge in [-0.05, 0) is 41.5 Å². The molecule has 0 saturated heterocycles. The molecule has 1 radical (unpaired) electrons. The van der Waals surface area contributed by atoms with Gasteiger partial charge in [0.1, 0.15) is 4.83 Å². The summed E-state index contributed by atoms with van der Waals surface area (Å²) in [6.07, 6.45) is 2.16. The Morgan fingerprint density at radius 3 is 2.32 bits per heavy atom. The largest absolute Gasteiger partial charge is 0.439 e. The molecule has 11 heteroatoms. The number of hydrogen-bond donors (Lipinski definition) is 1. The molecule has 3 aromatic heterocycles. The van der Waals surface area contributed by atoms with Crippen molar-refractivity contribution >= 4 is 78.7 Å². The van der Waals surface area contributed by atoms with Crippen LogP contribution in [0.3, 0.4) is 0 Å². The number of rotatable bonds is 7. The number of carbonyl (C=O) groups is 1. The molecule has 41 heavy (non-hydrogen) atoms. The van der Waals surface area contributed by atoms with Gasteiger partial charge in [-0.3, -0.25) is 28.2 Å². The number of carbonyl (C=O) groups excluding carboxylic acids is 1.